The third-order valence-corrected chi connectivity index (χ3v) is 4.99. The minimum Gasteiger partial charge on any atom is -0.337 e. The van der Waals surface area contributed by atoms with Crippen LogP contribution in [0, 0.1) is 6.92 Å². The van der Waals surface area contributed by atoms with Crippen LogP contribution in [0.2, 0.25) is 5.02 Å². The van der Waals surface area contributed by atoms with E-state index in [4.69, 9.17) is 11.6 Å². The van der Waals surface area contributed by atoms with Crippen LogP contribution in [0.4, 0.5) is 5.69 Å². The first-order chi connectivity index (χ1) is 13.5. The van der Waals surface area contributed by atoms with Gasteiger partial charge in [-0.3, -0.25) is 14.5 Å². The maximum absolute atomic E-state index is 12.4. The lowest BCUT2D eigenvalue weighted by molar-refractivity contribution is -0.127. The molecule has 28 heavy (non-hydrogen) atoms. The fraction of sp³-hybridized carbons (Fsp3) is 0.273. The molecule has 146 valence electrons. The molecule has 1 fully saturated rings. The highest BCUT2D eigenvalue weighted by Crippen LogP contribution is 2.20. The number of aryl methyl sites for hydroxylation is 1. The molecule has 0 saturated carbocycles. The number of halogens is 1. The largest absolute Gasteiger partial charge is 0.337 e. The molecule has 0 aromatic heterocycles. The van der Waals surface area contributed by atoms with Crippen LogP contribution in [0.3, 0.4) is 0 Å². The Hall–Kier alpha value is -2.63. The second-order valence-corrected chi connectivity index (χ2v) is 7.28. The number of hydrogen-bond donors (Lipinski definition) is 1. The average molecular weight is 398 g/mol. The van der Waals surface area contributed by atoms with Crippen molar-refractivity contribution >= 4 is 35.2 Å². The van der Waals surface area contributed by atoms with Crippen molar-refractivity contribution in [1.82, 2.24) is 9.80 Å². The van der Waals surface area contributed by atoms with Crippen molar-refractivity contribution in [3.63, 3.8) is 0 Å². The van der Waals surface area contributed by atoms with Crippen molar-refractivity contribution in [2.45, 2.75) is 6.92 Å². The summed E-state index contributed by atoms with van der Waals surface area (Å²) in [5.41, 5.74) is 2.80. The zero-order chi connectivity index (χ0) is 19.9. The van der Waals surface area contributed by atoms with Crippen LogP contribution in [0.5, 0.6) is 0 Å². The highest BCUT2D eigenvalue weighted by atomic mass is 35.5. The molecule has 2 aromatic rings. The highest BCUT2D eigenvalue weighted by molar-refractivity contribution is 6.33. The van der Waals surface area contributed by atoms with Crippen molar-refractivity contribution in [1.29, 1.82) is 0 Å². The minimum atomic E-state index is -0.104. The van der Waals surface area contributed by atoms with Gasteiger partial charge in [-0.15, -0.1) is 0 Å². The third-order valence-electron chi connectivity index (χ3n) is 4.66. The van der Waals surface area contributed by atoms with Gasteiger partial charge in [0.25, 0.3) is 0 Å². The van der Waals surface area contributed by atoms with Gasteiger partial charge >= 0.3 is 0 Å². The summed E-state index contributed by atoms with van der Waals surface area (Å²) in [6, 6.07) is 15.2. The first-order valence-electron chi connectivity index (χ1n) is 9.31. The molecular formula is C22H24ClN3O2. The van der Waals surface area contributed by atoms with E-state index >= 15 is 0 Å². The zero-order valence-corrected chi connectivity index (χ0v) is 16.7. The molecule has 6 heteroatoms. The van der Waals surface area contributed by atoms with E-state index < -0.39 is 0 Å². The molecule has 1 aliphatic heterocycles. The number of carbonyl (C=O) groups is 2. The molecule has 0 aliphatic carbocycles. The maximum atomic E-state index is 12.4. The lowest BCUT2D eigenvalue weighted by Gasteiger charge is -2.33. The number of anilines is 1. The first-order valence-corrected chi connectivity index (χ1v) is 9.69. The number of nitrogens with one attached hydrogen (secondary N) is 1. The van der Waals surface area contributed by atoms with E-state index in [0.29, 0.717) is 36.9 Å². The van der Waals surface area contributed by atoms with E-state index in [1.807, 2.05) is 59.2 Å². The fourth-order valence-electron chi connectivity index (χ4n) is 3.13. The van der Waals surface area contributed by atoms with Gasteiger partial charge in [0.2, 0.25) is 11.8 Å². The van der Waals surface area contributed by atoms with Gasteiger partial charge in [-0.1, -0.05) is 53.6 Å². The molecule has 0 radical (unpaired) electrons. The monoisotopic (exact) mass is 397 g/mol. The van der Waals surface area contributed by atoms with E-state index in [2.05, 4.69) is 5.32 Å². The number of piperazine rings is 1. The topological polar surface area (TPSA) is 52.7 Å². The number of nitrogens with zero attached hydrogens (tertiary/aromatic N) is 2. The Labute approximate surface area is 170 Å². The van der Waals surface area contributed by atoms with Gasteiger partial charge in [-0.25, -0.2) is 0 Å². The Balaban J connectivity index is 1.45. The van der Waals surface area contributed by atoms with E-state index in [9.17, 15) is 9.59 Å². The normalized spacial score (nSPS) is 15.0. The minimum absolute atomic E-state index is 0.00155. The number of amides is 2. The number of para-hydroxylation sites is 1. The predicted octanol–water partition coefficient (Wildman–Crippen LogP) is 3.44. The summed E-state index contributed by atoms with van der Waals surface area (Å²) in [5, 5.41) is 3.35. The Kier molecular flexibility index (Phi) is 6.85. The van der Waals surface area contributed by atoms with Crippen molar-refractivity contribution in [3.05, 3.63) is 70.8 Å². The Morgan fingerprint density at radius 1 is 1.07 bits per heavy atom. The summed E-state index contributed by atoms with van der Waals surface area (Å²) in [7, 11) is 0. The Morgan fingerprint density at radius 2 is 1.82 bits per heavy atom. The van der Waals surface area contributed by atoms with Crippen molar-refractivity contribution in [2.24, 2.45) is 0 Å². The number of hydrogen-bond acceptors (Lipinski definition) is 3. The van der Waals surface area contributed by atoms with Crippen molar-refractivity contribution in [2.75, 3.05) is 38.0 Å². The van der Waals surface area contributed by atoms with Crippen LogP contribution in [0.1, 0.15) is 11.1 Å². The number of benzene rings is 2. The fourth-order valence-corrected chi connectivity index (χ4v) is 3.31. The summed E-state index contributed by atoms with van der Waals surface area (Å²) in [4.78, 5) is 28.5. The van der Waals surface area contributed by atoms with Gasteiger partial charge in [-0.05, 0) is 30.7 Å². The van der Waals surface area contributed by atoms with Gasteiger partial charge in [0.05, 0.1) is 17.3 Å². The molecule has 2 amide bonds. The van der Waals surface area contributed by atoms with Gasteiger partial charge in [0.15, 0.2) is 0 Å². The van der Waals surface area contributed by atoms with Crippen LogP contribution in [-0.4, -0.2) is 54.3 Å². The van der Waals surface area contributed by atoms with Gasteiger partial charge in [0.1, 0.15) is 0 Å². The van der Waals surface area contributed by atoms with Crippen LogP contribution >= 0.6 is 11.6 Å². The molecule has 1 N–H and O–H groups in total. The van der Waals surface area contributed by atoms with Crippen molar-refractivity contribution < 1.29 is 9.59 Å². The first kappa shape index (κ1) is 20.1. The van der Waals surface area contributed by atoms with E-state index in [1.54, 1.807) is 18.2 Å². The molecule has 1 saturated heterocycles. The molecule has 1 aliphatic rings. The lowest BCUT2D eigenvalue weighted by Crippen LogP contribution is -2.50. The maximum Gasteiger partial charge on any atom is 0.246 e. The number of rotatable bonds is 5. The molecule has 3 rings (SSSR count). The van der Waals surface area contributed by atoms with Gasteiger partial charge in [-0.2, -0.15) is 0 Å². The standard InChI is InChI=1S/C22H24ClN3O2/c1-17-5-4-6-18(15-17)9-10-22(28)26-13-11-25(12-14-26)16-21(27)24-20-8-3-2-7-19(20)23/h2-10,15H,11-14,16H2,1H3,(H,24,27). The molecular weight excluding hydrogens is 374 g/mol. The second kappa shape index (κ2) is 9.53. The summed E-state index contributed by atoms with van der Waals surface area (Å²) in [5.74, 6) is -0.103. The smallest absolute Gasteiger partial charge is 0.246 e. The highest BCUT2D eigenvalue weighted by Gasteiger charge is 2.21. The summed E-state index contributed by atoms with van der Waals surface area (Å²) in [6.45, 7) is 4.86. The van der Waals surface area contributed by atoms with Crippen LogP contribution < -0.4 is 5.32 Å². The van der Waals surface area contributed by atoms with Gasteiger partial charge in [0, 0.05) is 32.3 Å². The van der Waals surface area contributed by atoms with Crippen LogP contribution in [0.15, 0.2) is 54.6 Å². The Morgan fingerprint density at radius 3 is 2.54 bits per heavy atom. The molecule has 1 heterocycles. The molecule has 0 unspecified atom stereocenters. The lowest BCUT2D eigenvalue weighted by atomic mass is 10.1. The predicted molar refractivity (Wildman–Crippen MR) is 113 cm³/mol. The van der Waals surface area contributed by atoms with Gasteiger partial charge < -0.3 is 10.2 Å². The third kappa shape index (κ3) is 5.68. The van der Waals surface area contributed by atoms with E-state index in [1.165, 1.54) is 5.56 Å². The molecule has 0 spiro atoms. The molecule has 5 nitrogen and oxygen atoms in total. The number of carbonyl (C=O) groups excluding carboxylic acids is 2. The second-order valence-electron chi connectivity index (χ2n) is 6.88. The average Bonchev–Trinajstić information content (AvgIpc) is 2.68. The quantitative estimate of drug-likeness (QED) is 0.786. The Bertz CT molecular complexity index is 874. The van der Waals surface area contributed by atoms with E-state index in [-0.39, 0.29) is 18.4 Å². The zero-order valence-electron chi connectivity index (χ0n) is 15.9. The molecule has 0 bridgehead atoms. The van der Waals surface area contributed by atoms with Crippen LogP contribution in [0.25, 0.3) is 6.08 Å². The van der Waals surface area contributed by atoms with E-state index in [0.717, 1.165) is 5.56 Å². The summed E-state index contributed by atoms with van der Waals surface area (Å²) in [6.07, 6.45) is 3.47. The summed E-state index contributed by atoms with van der Waals surface area (Å²) >= 11 is 6.07. The van der Waals surface area contributed by atoms with Crippen LogP contribution in [-0.2, 0) is 9.59 Å². The SMILES string of the molecule is Cc1cccc(C=CC(=O)N2CCN(CC(=O)Nc3ccccc3Cl)CC2)c1. The molecule has 2 aromatic carbocycles. The molecule has 0 atom stereocenters. The van der Waals surface area contributed by atoms with Crippen molar-refractivity contribution in [3.8, 4) is 0 Å². The summed E-state index contributed by atoms with van der Waals surface area (Å²) < 4.78 is 0.